The second kappa shape index (κ2) is 7.53. The Morgan fingerprint density at radius 3 is 2.17 bits per heavy atom. The van der Waals surface area contributed by atoms with Gasteiger partial charge in [-0.15, -0.1) is 35.1 Å². The number of thiophene rings is 2. The van der Waals surface area contributed by atoms with Gasteiger partial charge in [0.1, 0.15) is 0 Å². The number of halogens is 1. The molecule has 0 aliphatic rings. The van der Waals surface area contributed by atoms with Gasteiger partial charge in [-0.05, 0) is 29.9 Å². The van der Waals surface area contributed by atoms with Crippen LogP contribution in [0.4, 0.5) is 0 Å². The SMILES string of the molecule is CNCC(=O)NC(c1cccs1)c1cccs1.Cl. The van der Waals surface area contributed by atoms with Gasteiger partial charge in [0.15, 0.2) is 0 Å². The number of hydrogen-bond donors (Lipinski definition) is 2. The molecule has 2 heterocycles. The summed E-state index contributed by atoms with van der Waals surface area (Å²) < 4.78 is 0. The van der Waals surface area contributed by atoms with E-state index in [4.69, 9.17) is 0 Å². The first-order valence-corrected chi connectivity index (χ1v) is 7.08. The minimum Gasteiger partial charge on any atom is -0.342 e. The molecular formula is C12H15ClN2OS2. The molecule has 0 aromatic carbocycles. The van der Waals surface area contributed by atoms with E-state index in [0.717, 1.165) is 9.75 Å². The van der Waals surface area contributed by atoms with Crippen molar-refractivity contribution in [3.8, 4) is 0 Å². The largest absolute Gasteiger partial charge is 0.342 e. The van der Waals surface area contributed by atoms with Crippen molar-refractivity contribution in [1.82, 2.24) is 10.6 Å². The molecule has 0 unspecified atom stereocenters. The molecule has 3 nitrogen and oxygen atoms in total. The first kappa shape index (κ1) is 15.2. The van der Waals surface area contributed by atoms with Crippen LogP contribution in [-0.2, 0) is 4.79 Å². The normalized spacial score (nSPS) is 10.1. The molecule has 98 valence electrons. The number of rotatable bonds is 5. The van der Waals surface area contributed by atoms with Crippen molar-refractivity contribution >= 4 is 41.0 Å². The van der Waals surface area contributed by atoms with Crippen LogP contribution in [0.1, 0.15) is 15.8 Å². The van der Waals surface area contributed by atoms with Crippen LogP contribution in [-0.4, -0.2) is 19.5 Å². The van der Waals surface area contributed by atoms with Crippen molar-refractivity contribution in [2.24, 2.45) is 0 Å². The van der Waals surface area contributed by atoms with Gasteiger partial charge in [-0.1, -0.05) is 12.1 Å². The van der Waals surface area contributed by atoms with Crippen LogP contribution >= 0.6 is 35.1 Å². The van der Waals surface area contributed by atoms with Gasteiger partial charge < -0.3 is 10.6 Å². The lowest BCUT2D eigenvalue weighted by molar-refractivity contribution is -0.120. The standard InChI is InChI=1S/C12H14N2OS2.ClH/c1-13-8-11(15)14-12(9-4-2-6-16-9)10-5-3-7-17-10;/h2-7,12-13H,8H2,1H3,(H,14,15);1H. The Labute approximate surface area is 121 Å². The zero-order chi connectivity index (χ0) is 12.1. The third kappa shape index (κ3) is 3.81. The van der Waals surface area contributed by atoms with E-state index >= 15 is 0 Å². The third-order valence-electron chi connectivity index (χ3n) is 2.30. The molecule has 2 N–H and O–H groups in total. The predicted molar refractivity (Wildman–Crippen MR) is 79.8 cm³/mol. The second-order valence-corrected chi connectivity index (χ2v) is 5.52. The Morgan fingerprint density at radius 1 is 1.22 bits per heavy atom. The fraction of sp³-hybridized carbons (Fsp3) is 0.250. The Bertz CT molecular complexity index is 422. The zero-order valence-corrected chi connectivity index (χ0v) is 12.3. The molecule has 2 rings (SSSR count). The van der Waals surface area contributed by atoms with Crippen LogP contribution in [0.5, 0.6) is 0 Å². The smallest absolute Gasteiger partial charge is 0.234 e. The van der Waals surface area contributed by atoms with Crippen LogP contribution in [0, 0.1) is 0 Å². The van der Waals surface area contributed by atoms with Crippen molar-refractivity contribution in [3.63, 3.8) is 0 Å². The fourth-order valence-corrected chi connectivity index (χ4v) is 3.23. The molecule has 0 fully saturated rings. The van der Waals surface area contributed by atoms with E-state index in [1.807, 2.05) is 22.9 Å². The van der Waals surface area contributed by atoms with Gasteiger partial charge in [0.05, 0.1) is 12.6 Å². The highest BCUT2D eigenvalue weighted by molar-refractivity contribution is 7.11. The lowest BCUT2D eigenvalue weighted by Gasteiger charge is -2.16. The Balaban J connectivity index is 0.00000162. The molecule has 2 aromatic heterocycles. The first-order chi connectivity index (χ1) is 8.31. The maximum Gasteiger partial charge on any atom is 0.234 e. The van der Waals surface area contributed by atoms with E-state index in [0.29, 0.717) is 6.54 Å². The summed E-state index contributed by atoms with van der Waals surface area (Å²) in [6, 6.07) is 8.09. The average Bonchev–Trinajstić information content (AvgIpc) is 3.00. The molecule has 0 saturated heterocycles. The molecule has 0 spiro atoms. The van der Waals surface area contributed by atoms with Gasteiger partial charge in [0.2, 0.25) is 5.91 Å². The highest BCUT2D eigenvalue weighted by Gasteiger charge is 2.18. The number of hydrogen-bond acceptors (Lipinski definition) is 4. The quantitative estimate of drug-likeness (QED) is 0.891. The topological polar surface area (TPSA) is 41.1 Å². The van der Waals surface area contributed by atoms with Crippen molar-refractivity contribution in [1.29, 1.82) is 0 Å². The predicted octanol–water partition coefficient (Wildman–Crippen LogP) is 2.66. The maximum atomic E-state index is 11.7. The fourth-order valence-electron chi connectivity index (χ4n) is 1.57. The minimum absolute atomic E-state index is 0. The molecule has 2 aromatic rings. The number of carbonyl (C=O) groups excluding carboxylic acids is 1. The monoisotopic (exact) mass is 302 g/mol. The molecule has 0 bridgehead atoms. The third-order valence-corrected chi connectivity index (χ3v) is 4.17. The Hall–Kier alpha value is -0.880. The molecular weight excluding hydrogens is 288 g/mol. The van der Waals surface area contributed by atoms with Gasteiger partial charge in [-0.2, -0.15) is 0 Å². The van der Waals surface area contributed by atoms with E-state index < -0.39 is 0 Å². The molecule has 0 radical (unpaired) electrons. The molecule has 0 aliphatic heterocycles. The second-order valence-electron chi connectivity index (χ2n) is 3.56. The van der Waals surface area contributed by atoms with Crippen molar-refractivity contribution in [3.05, 3.63) is 44.8 Å². The van der Waals surface area contributed by atoms with E-state index in [1.165, 1.54) is 0 Å². The summed E-state index contributed by atoms with van der Waals surface area (Å²) in [5.74, 6) is 0.0132. The number of amides is 1. The summed E-state index contributed by atoms with van der Waals surface area (Å²) in [6.45, 7) is 0.341. The van der Waals surface area contributed by atoms with Gasteiger partial charge >= 0.3 is 0 Å². The molecule has 18 heavy (non-hydrogen) atoms. The first-order valence-electron chi connectivity index (χ1n) is 5.32. The van der Waals surface area contributed by atoms with E-state index in [2.05, 4.69) is 22.8 Å². The zero-order valence-electron chi connectivity index (χ0n) is 9.88. The molecule has 0 aliphatic carbocycles. The summed E-state index contributed by atoms with van der Waals surface area (Å²) in [4.78, 5) is 14.0. The average molecular weight is 303 g/mol. The highest BCUT2D eigenvalue weighted by Crippen LogP contribution is 2.28. The lowest BCUT2D eigenvalue weighted by atomic mass is 10.2. The Morgan fingerprint density at radius 2 is 1.78 bits per heavy atom. The van der Waals surface area contributed by atoms with Crippen molar-refractivity contribution in [2.75, 3.05) is 13.6 Å². The van der Waals surface area contributed by atoms with Gasteiger partial charge in [0, 0.05) is 9.75 Å². The van der Waals surface area contributed by atoms with E-state index in [1.54, 1.807) is 29.7 Å². The van der Waals surface area contributed by atoms with Crippen molar-refractivity contribution < 1.29 is 4.79 Å². The molecule has 0 saturated carbocycles. The molecule has 1 amide bonds. The van der Waals surface area contributed by atoms with Crippen LogP contribution in [0.15, 0.2) is 35.0 Å². The van der Waals surface area contributed by atoms with Crippen molar-refractivity contribution in [2.45, 2.75) is 6.04 Å². The lowest BCUT2D eigenvalue weighted by Crippen LogP contribution is -2.34. The van der Waals surface area contributed by atoms with Crippen LogP contribution in [0.3, 0.4) is 0 Å². The summed E-state index contributed by atoms with van der Waals surface area (Å²) in [5, 5.41) is 9.96. The van der Waals surface area contributed by atoms with Crippen LogP contribution in [0.25, 0.3) is 0 Å². The summed E-state index contributed by atoms with van der Waals surface area (Å²) in [7, 11) is 1.77. The van der Waals surface area contributed by atoms with Crippen LogP contribution < -0.4 is 10.6 Å². The highest BCUT2D eigenvalue weighted by atomic mass is 35.5. The van der Waals surface area contributed by atoms with Gasteiger partial charge in [0.25, 0.3) is 0 Å². The number of likely N-dealkylation sites (N-methyl/N-ethyl adjacent to an activating group) is 1. The summed E-state index contributed by atoms with van der Waals surface area (Å²) in [6.07, 6.45) is 0. The summed E-state index contributed by atoms with van der Waals surface area (Å²) >= 11 is 3.32. The number of carbonyl (C=O) groups is 1. The number of nitrogens with one attached hydrogen (secondary N) is 2. The maximum absolute atomic E-state index is 11.7. The van der Waals surface area contributed by atoms with E-state index in [9.17, 15) is 4.79 Å². The Kier molecular flexibility index (Phi) is 6.35. The van der Waals surface area contributed by atoms with E-state index in [-0.39, 0.29) is 24.4 Å². The molecule has 0 atom stereocenters. The summed E-state index contributed by atoms with van der Waals surface area (Å²) in [5.41, 5.74) is 0. The van der Waals surface area contributed by atoms with Crippen LogP contribution in [0.2, 0.25) is 0 Å². The molecule has 6 heteroatoms. The van der Waals surface area contributed by atoms with Gasteiger partial charge in [-0.25, -0.2) is 0 Å². The van der Waals surface area contributed by atoms with Gasteiger partial charge in [-0.3, -0.25) is 4.79 Å². The minimum atomic E-state index is -0.0177.